The molecule has 12 aromatic carbocycles. The average molecular weight is 859 g/mol. The molecule has 0 aliphatic carbocycles. The number of aromatic nitrogens is 2. The number of fused-ring (bicyclic) bond motifs is 12. The van der Waals surface area contributed by atoms with Gasteiger partial charge in [-0.25, -0.2) is 9.37 Å². The predicted octanol–water partition coefficient (Wildman–Crippen LogP) is 17.3. The molecule has 0 aliphatic heterocycles. The van der Waals surface area contributed by atoms with Crippen LogP contribution in [0.4, 0.5) is 38.5 Å². The molecule has 13 aromatic rings. The molecule has 0 aliphatic rings. The van der Waals surface area contributed by atoms with E-state index < -0.39 is 0 Å². The molecule has 0 saturated carbocycles. The minimum Gasteiger partial charge on any atom is -0.310 e. The minimum atomic E-state index is -0.296. The molecule has 0 N–H and O–H groups in total. The van der Waals surface area contributed by atoms with E-state index in [-0.39, 0.29) is 5.82 Å². The van der Waals surface area contributed by atoms with Gasteiger partial charge in [-0.3, -0.25) is 4.98 Å². The number of nitrogens with zero attached hydrogens (tertiary/aromatic N) is 4. The molecule has 5 heteroatoms. The van der Waals surface area contributed by atoms with Gasteiger partial charge in [0, 0.05) is 49.9 Å². The Kier molecular flexibility index (Phi) is 9.00. The van der Waals surface area contributed by atoms with Crippen LogP contribution in [0.3, 0.4) is 0 Å². The van der Waals surface area contributed by atoms with E-state index in [1.165, 1.54) is 44.5 Å². The second kappa shape index (κ2) is 15.7. The van der Waals surface area contributed by atoms with Crippen LogP contribution in [0.25, 0.3) is 86.9 Å². The summed E-state index contributed by atoms with van der Waals surface area (Å²) >= 11 is 0. The van der Waals surface area contributed by atoms with E-state index in [4.69, 9.17) is 9.97 Å². The van der Waals surface area contributed by atoms with Crippen LogP contribution < -0.4 is 9.80 Å². The molecule has 0 fully saturated rings. The third-order valence-corrected chi connectivity index (χ3v) is 13.2. The Morgan fingerprint density at radius 2 is 0.731 bits per heavy atom. The van der Waals surface area contributed by atoms with Crippen LogP contribution in [-0.4, -0.2) is 9.97 Å². The standard InChI is InChI=1S/C62H39FN4/c63-43-29-27-40(28-30-43)58-39-64-61-56-37-46(66(44-17-3-1-4-18-44)59-35-41-15-7-9-21-48(41)50-23-11-13-25-54(50)59)31-33-52(56)53-34-32-47(38-57(53)62(61)65-58)67(45-19-5-2-6-20-45)60-36-42-16-8-10-22-49(42)51-24-12-14-26-55(51)60/h1-39H. The highest BCUT2D eigenvalue weighted by Crippen LogP contribution is 2.47. The predicted molar refractivity (Wildman–Crippen MR) is 279 cm³/mol. The fraction of sp³-hybridized carbons (Fsp3) is 0. The second-order valence-corrected chi connectivity index (χ2v) is 17.1. The van der Waals surface area contributed by atoms with Crippen molar-refractivity contribution in [3.63, 3.8) is 0 Å². The van der Waals surface area contributed by atoms with Gasteiger partial charge in [-0.05, 0) is 128 Å². The molecule has 1 heterocycles. The maximum absolute atomic E-state index is 14.3. The van der Waals surface area contributed by atoms with Gasteiger partial charge in [0.25, 0.3) is 0 Å². The summed E-state index contributed by atoms with van der Waals surface area (Å²) in [5.74, 6) is -0.296. The zero-order valence-electron chi connectivity index (χ0n) is 36.2. The fourth-order valence-electron chi connectivity index (χ4n) is 10.2. The number of anilines is 6. The topological polar surface area (TPSA) is 32.3 Å². The van der Waals surface area contributed by atoms with Crippen LogP contribution in [0.15, 0.2) is 237 Å². The smallest absolute Gasteiger partial charge is 0.123 e. The first-order chi connectivity index (χ1) is 33.1. The summed E-state index contributed by atoms with van der Waals surface area (Å²) in [7, 11) is 0. The van der Waals surface area contributed by atoms with Crippen LogP contribution >= 0.6 is 0 Å². The second-order valence-electron chi connectivity index (χ2n) is 17.1. The Hall–Kier alpha value is -8.93. The van der Waals surface area contributed by atoms with Gasteiger partial charge in [0.15, 0.2) is 0 Å². The van der Waals surface area contributed by atoms with Crippen LogP contribution in [0.2, 0.25) is 0 Å². The van der Waals surface area contributed by atoms with Gasteiger partial charge in [-0.2, -0.15) is 0 Å². The normalized spacial score (nSPS) is 11.7. The summed E-state index contributed by atoms with van der Waals surface area (Å²) in [5, 5.41) is 13.6. The van der Waals surface area contributed by atoms with Crippen molar-refractivity contribution >= 4 is 110 Å². The minimum absolute atomic E-state index is 0.296. The highest BCUT2D eigenvalue weighted by molar-refractivity contribution is 6.25. The Balaban J connectivity index is 1.08. The molecule has 0 amide bonds. The maximum Gasteiger partial charge on any atom is 0.123 e. The molecule has 0 saturated heterocycles. The summed E-state index contributed by atoms with van der Waals surface area (Å²) < 4.78 is 14.3. The van der Waals surface area contributed by atoms with Crippen LogP contribution in [0.1, 0.15) is 0 Å². The Bertz CT molecular complexity index is 4060. The van der Waals surface area contributed by atoms with Crippen molar-refractivity contribution < 1.29 is 4.39 Å². The van der Waals surface area contributed by atoms with Crippen molar-refractivity contribution in [3.05, 3.63) is 243 Å². The van der Waals surface area contributed by atoms with Gasteiger partial charge in [0.1, 0.15) is 5.82 Å². The lowest BCUT2D eigenvalue weighted by Gasteiger charge is -2.28. The summed E-state index contributed by atoms with van der Waals surface area (Å²) in [5.41, 5.74) is 9.25. The Morgan fingerprint density at radius 3 is 1.24 bits per heavy atom. The van der Waals surface area contributed by atoms with E-state index in [1.807, 2.05) is 6.20 Å². The van der Waals surface area contributed by atoms with Crippen LogP contribution in [-0.2, 0) is 0 Å². The van der Waals surface area contributed by atoms with Gasteiger partial charge in [0.2, 0.25) is 0 Å². The van der Waals surface area contributed by atoms with E-state index in [1.54, 1.807) is 12.1 Å². The summed E-state index contributed by atoms with van der Waals surface area (Å²) in [4.78, 5) is 15.4. The van der Waals surface area contributed by atoms with Crippen molar-refractivity contribution in [3.8, 4) is 11.3 Å². The zero-order valence-corrected chi connectivity index (χ0v) is 36.2. The van der Waals surface area contributed by atoms with Crippen LogP contribution in [0, 0.1) is 5.82 Å². The lowest BCUT2D eigenvalue weighted by molar-refractivity contribution is 0.628. The molecule has 0 radical (unpaired) electrons. The van der Waals surface area contributed by atoms with Gasteiger partial charge in [-0.15, -0.1) is 0 Å². The number of rotatable bonds is 7. The maximum atomic E-state index is 14.3. The number of para-hydroxylation sites is 2. The molecule has 13 rings (SSSR count). The SMILES string of the molecule is Fc1ccc(-c2cnc3c4cc(N(c5ccccc5)c5cc6ccccc6c6ccccc56)ccc4c4ccc(N(c5ccccc5)c5cc6ccccc6c6ccccc56)cc4c3n2)cc1. The number of benzene rings is 12. The third-order valence-electron chi connectivity index (χ3n) is 13.2. The summed E-state index contributed by atoms with van der Waals surface area (Å²) in [6.45, 7) is 0. The molecule has 4 nitrogen and oxygen atoms in total. The zero-order chi connectivity index (χ0) is 44.4. The van der Waals surface area contributed by atoms with Crippen molar-refractivity contribution in [1.82, 2.24) is 9.97 Å². The van der Waals surface area contributed by atoms with Crippen molar-refractivity contribution in [2.75, 3.05) is 9.80 Å². The molecule has 67 heavy (non-hydrogen) atoms. The molecule has 0 bridgehead atoms. The lowest BCUT2D eigenvalue weighted by atomic mass is 9.96. The van der Waals surface area contributed by atoms with E-state index >= 15 is 0 Å². The summed E-state index contributed by atoms with van der Waals surface area (Å²) in [6, 6.07) is 80.3. The van der Waals surface area contributed by atoms with E-state index in [2.05, 4.69) is 216 Å². The molecular formula is C62H39FN4. The van der Waals surface area contributed by atoms with Crippen molar-refractivity contribution in [2.24, 2.45) is 0 Å². The van der Waals surface area contributed by atoms with Gasteiger partial charge >= 0.3 is 0 Å². The third kappa shape index (κ3) is 6.43. The van der Waals surface area contributed by atoms with Gasteiger partial charge < -0.3 is 9.80 Å². The number of hydrogen-bond donors (Lipinski definition) is 0. The first-order valence-corrected chi connectivity index (χ1v) is 22.6. The van der Waals surface area contributed by atoms with Gasteiger partial charge in [-0.1, -0.05) is 146 Å². The highest BCUT2D eigenvalue weighted by atomic mass is 19.1. The molecule has 314 valence electrons. The quantitative estimate of drug-likeness (QED) is 0.150. The summed E-state index contributed by atoms with van der Waals surface area (Å²) in [6.07, 6.45) is 1.82. The Morgan fingerprint density at radius 1 is 0.313 bits per heavy atom. The van der Waals surface area contributed by atoms with Crippen molar-refractivity contribution in [1.29, 1.82) is 0 Å². The van der Waals surface area contributed by atoms with Gasteiger partial charge in [0.05, 0.1) is 34.3 Å². The van der Waals surface area contributed by atoms with Crippen molar-refractivity contribution in [2.45, 2.75) is 0 Å². The van der Waals surface area contributed by atoms with Crippen LogP contribution in [0.5, 0.6) is 0 Å². The molecule has 1 aromatic heterocycles. The molecular weight excluding hydrogens is 820 g/mol. The molecule has 0 atom stereocenters. The fourth-order valence-corrected chi connectivity index (χ4v) is 10.2. The highest BCUT2D eigenvalue weighted by Gasteiger charge is 2.22. The monoisotopic (exact) mass is 858 g/mol. The Labute approximate surface area is 386 Å². The lowest BCUT2D eigenvalue weighted by Crippen LogP contribution is -2.11. The van der Waals surface area contributed by atoms with E-state index in [9.17, 15) is 4.39 Å². The number of hydrogen-bond acceptors (Lipinski definition) is 4. The molecule has 0 spiro atoms. The number of halogens is 1. The first-order valence-electron chi connectivity index (χ1n) is 22.6. The largest absolute Gasteiger partial charge is 0.310 e. The molecule has 0 unspecified atom stereocenters. The first kappa shape index (κ1) is 38.5. The average Bonchev–Trinajstić information content (AvgIpc) is 3.39. The van der Waals surface area contributed by atoms with E-state index in [0.29, 0.717) is 5.69 Å². The van der Waals surface area contributed by atoms with E-state index in [0.717, 1.165) is 83.0 Å².